The first-order valence-corrected chi connectivity index (χ1v) is 4.74. The molecule has 0 aromatic carbocycles. The molecular weight excluding hydrogens is 154 g/mol. The molecule has 0 bridgehead atoms. The van der Waals surface area contributed by atoms with Gasteiger partial charge in [0.05, 0.1) is 0 Å². The molecule has 1 aliphatic carbocycles. The topological polar surface area (TPSA) is 49.3 Å². The van der Waals surface area contributed by atoms with Crippen molar-refractivity contribution in [2.75, 3.05) is 6.54 Å². The van der Waals surface area contributed by atoms with Crippen LogP contribution < -0.4 is 5.32 Å². The van der Waals surface area contributed by atoms with Gasteiger partial charge in [0.15, 0.2) is 0 Å². The second-order valence-corrected chi connectivity index (χ2v) is 3.93. The molecule has 2 aliphatic rings. The summed E-state index contributed by atoms with van der Waals surface area (Å²) in [6.45, 7) is 0.878. The summed E-state index contributed by atoms with van der Waals surface area (Å²) in [6.07, 6.45) is 5.23. The number of rotatable bonds is 1. The molecule has 2 unspecified atom stereocenters. The zero-order valence-electron chi connectivity index (χ0n) is 7.18. The molecule has 1 aliphatic heterocycles. The number of carboxylic acid groups (broad SMARTS) is 1. The minimum Gasteiger partial charge on any atom is -0.480 e. The SMILES string of the molecule is O=C(O)C12CCCC1CCCN2. The van der Waals surface area contributed by atoms with Gasteiger partial charge in [0.25, 0.3) is 0 Å². The fourth-order valence-corrected chi connectivity index (χ4v) is 2.72. The Balaban J connectivity index is 2.23. The van der Waals surface area contributed by atoms with Crippen LogP contribution in [-0.4, -0.2) is 23.2 Å². The van der Waals surface area contributed by atoms with E-state index in [1.165, 1.54) is 0 Å². The van der Waals surface area contributed by atoms with Crippen LogP contribution in [0.3, 0.4) is 0 Å². The third kappa shape index (κ3) is 0.959. The van der Waals surface area contributed by atoms with Crippen molar-refractivity contribution < 1.29 is 9.90 Å². The molecule has 0 amide bonds. The van der Waals surface area contributed by atoms with Crippen LogP contribution in [0.1, 0.15) is 32.1 Å². The van der Waals surface area contributed by atoms with E-state index in [4.69, 9.17) is 5.11 Å². The Bertz CT molecular complexity index is 205. The van der Waals surface area contributed by atoms with Gasteiger partial charge in [0.2, 0.25) is 0 Å². The molecule has 3 nitrogen and oxygen atoms in total. The van der Waals surface area contributed by atoms with Crippen LogP contribution >= 0.6 is 0 Å². The number of nitrogens with one attached hydrogen (secondary N) is 1. The van der Waals surface area contributed by atoms with E-state index in [9.17, 15) is 4.79 Å². The van der Waals surface area contributed by atoms with Crippen molar-refractivity contribution in [1.82, 2.24) is 5.32 Å². The van der Waals surface area contributed by atoms with Gasteiger partial charge in [0, 0.05) is 0 Å². The van der Waals surface area contributed by atoms with Gasteiger partial charge in [-0.3, -0.25) is 4.79 Å². The van der Waals surface area contributed by atoms with E-state index in [1.807, 2.05) is 0 Å². The lowest BCUT2D eigenvalue weighted by atomic mass is 9.81. The van der Waals surface area contributed by atoms with Crippen molar-refractivity contribution in [3.05, 3.63) is 0 Å². The molecule has 0 radical (unpaired) electrons. The highest BCUT2D eigenvalue weighted by molar-refractivity contribution is 5.80. The predicted molar refractivity (Wildman–Crippen MR) is 44.9 cm³/mol. The Morgan fingerprint density at radius 2 is 2.17 bits per heavy atom. The molecule has 3 heteroatoms. The van der Waals surface area contributed by atoms with Crippen LogP contribution in [0.5, 0.6) is 0 Å². The van der Waals surface area contributed by atoms with Gasteiger partial charge in [-0.2, -0.15) is 0 Å². The van der Waals surface area contributed by atoms with Gasteiger partial charge in [-0.25, -0.2) is 0 Å². The van der Waals surface area contributed by atoms with Crippen molar-refractivity contribution >= 4 is 5.97 Å². The highest BCUT2D eigenvalue weighted by atomic mass is 16.4. The van der Waals surface area contributed by atoms with Crippen LogP contribution in [0.2, 0.25) is 0 Å². The van der Waals surface area contributed by atoms with Crippen LogP contribution in [0.4, 0.5) is 0 Å². The molecule has 0 aromatic rings. The monoisotopic (exact) mass is 169 g/mol. The summed E-state index contributed by atoms with van der Waals surface area (Å²) in [6, 6.07) is 0. The molecule has 2 fully saturated rings. The highest BCUT2D eigenvalue weighted by Gasteiger charge is 2.49. The second kappa shape index (κ2) is 2.73. The summed E-state index contributed by atoms with van der Waals surface area (Å²) in [5.41, 5.74) is -0.543. The Morgan fingerprint density at radius 3 is 2.83 bits per heavy atom. The molecule has 0 aromatic heterocycles. The molecule has 0 spiro atoms. The normalized spacial score (nSPS) is 40.8. The van der Waals surface area contributed by atoms with Gasteiger partial charge in [-0.15, -0.1) is 0 Å². The van der Waals surface area contributed by atoms with E-state index in [0.717, 1.165) is 38.6 Å². The third-order valence-electron chi connectivity index (χ3n) is 3.37. The summed E-state index contributed by atoms with van der Waals surface area (Å²) in [4.78, 5) is 11.1. The summed E-state index contributed by atoms with van der Waals surface area (Å²) >= 11 is 0. The van der Waals surface area contributed by atoms with Gasteiger partial charge in [-0.1, -0.05) is 6.42 Å². The minimum absolute atomic E-state index is 0.392. The standard InChI is InChI=1S/C9H15NO2/c11-8(12)9-5-1-3-7(9)4-2-6-10-9/h7,10H,1-6H2,(H,11,12). The number of hydrogen-bond donors (Lipinski definition) is 2. The summed E-state index contributed by atoms with van der Waals surface area (Å²) in [5.74, 6) is -0.242. The lowest BCUT2D eigenvalue weighted by molar-refractivity contribution is -0.147. The number of carboxylic acids is 1. The lowest BCUT2D eigenvalue weighted by Gasteiger charge is -2.36. The van der Waals surface area contributed by atoms with Crippen molar-refractivity contribution in [3.8, 4) is 0 Å². The zero-order chi connectivity index (χ0) is 8.60. The molecule has 2 atom stereocenters. The Hall–Kier alpha value is -0.570. The van der Waals surface area contributed by atoms with E-state index in [1.54, 1.807) is 0 Å². The molecule has 2 rings (SSSR count). The minimum atomic E-state index is -0.635. The van der Waals surface area contributed by atoms with E-state index in [2.05, 4.69) is 5.32 Å². The Morgan fingerprint density at radius 1 is 1.42 bits per heavy atom. The maximum atomic E-state index is 11.1. The molecule has 2 N–H and O–H groups in total. The number of fused-ring (bicyclic) bond motifs is 1. The smallest absolute Gasteiger partial charge is 0.324 e. The van der Waals surface area contributed by atoms with Gasteiger partial charge >= 0.3 is 5.97 Å². The average Bonchev–Trinajstić information content (AvgIpc) is 2.48. The quantitative estimate of drug-likeness (QED) is 0.615. The van der Waals surface area contributed by atoms with Crippen LogP contribution in [-0.2, 0) is 4.79 Å². The zero-order valence-corrected chi connectivity index (χ0v) is 7.18. The van der Waals surface area contributed by atoms with Gasteiger partial charge in [-0.05, 0) is 38.1 Å². The maximum absolute atomic E-state index is 11.1. The second-order valence-electron chi connectivity index (χ2n) is 3.93. The lowest BCUT2D eigenvalue weighted by Crippen LogP contribution is -2.57. The van der Waals surface area contributed by atoms with Crippen molar-refractivity contribution in [2.45, 2.75) is 37.6 Å². The van der Waals surface area contributed by atoms with Gasteiger partial charge in [0.1, 0.15) is 5.54 Å². The number of aliphatic carboxylic acids is 1. The van der Waals surface area contributed by atoms with Crippen LogP contribution in [0.25, 0.3) is 0 Å². The highest BCUT2D eigenvalue weighted by Crippen LogP contribution is 2.40. The summed E-state index contributed by atoms with van der Waals surface area (Å²) in [7, 11) is 0. The largest absolute Gasteiger partial charge is 0.480 e. The van der Waals surface area contributed by atoms with Crippen LogP contribution in [0, 0.1) is 5.92 Å². The van der Waals surface area contributed by atoms with E-state index < -0.39 is 11.5 Å². The third-order valence-corrected chi connectivity index (χ3v) is 3.37. The first-order chi connectivity index (χ1) is 5.76. The number of piperidine rings is 1. The fraction of sp³-hybridized carbons (Fsp3) is 0.889. The van der Waals surface area contributed by atoms with Crippen molar-refractivity contribution in [1.29, 1.82) is 0 Å². The van der Waals surface area contributed by atoms with Crippen molar-refractivity contribution in [3.63, 3.8) is 0 Å². The Labute approximate surface area is 72.2 Å². The summed E-state index contributed by atoms with van der Waals surface area (Å²) in [5, 5.41) is 12.3. The van der Waals surface area contributed by atoms with Gasteiger partial charge < -0.3 is 10.4 Å². The molecule has 1 heterocycles. The molecule has 1 saturated heterocycles. The molecule has 68 valence electrons. The van der Waals surface area contributed by atoms with E-state index in [0.29, 0.717) is 5.92 Å². The summed E-state index contributed by atoms with van der Waals surface area (Å²) < 4.78 is 0. The first kappa shape index (κ1) is 8.05. The first-order valence-electron chi connectivity index (χ1n) is 4.74. The molecular formula is C9H15NO2. The van der Waals surface area contributed by atoms with E-state index >= 15 is 0 Å². The van der Waals surface area contributed by atoms with Crippen molar-refractivity contribution in [2.24, 2.45) is 5.92 Å². The molecule has 12 heavy (non-hydrogen) atoms. The predicted octanol–water partition coefficient (Wildman–Crippen LogP) is 0.993. The average molecular weight is 169 g/mol. The fourth-order valence-electron chi connectivity index (χ4n) is 2.72. The number of carbonyl (C=O) groups is 1. The van der Waals surface area contributed by atoms with E-state index in [-0.39, 0.29) is 0 Å². The Kier molecular flexibility index (Phi) is 1.83. The number of hydrogen-bond acceptors (Lipinski definition) is 2. The maximum Gasteiger partial charge on any atom is 0.324 e. The molecule has 1 saturated carbocycles. The van der Waals surface area contributed by atoms with Crippen LogP contribution in [0.15, 0.2) is 0 Å².